The van der Waals surface area contributed by atoms with Gasteiger partial charge < -0.3 is 15.4 Å². The van der Waals surface area contributed by atoms with Gasteiger partial charge in [-0.3, -0.25) is 4.79 Å². The molecule has 136 valence electrons. The molecular weight excluding hydrogens is 328 g/mol. The SMILES string of the molecule is Nc1ncc2c(n1)C1(CCCN(C(=O)CCOc3ccccc3)C1)CC2. The van der Waals surface area contributed by atoms with Gasteiger partial charge in [0.05, 0.1) is 18.7 Å². The minimum atomic E-state index is -0.0550. The zero-order valence-electron chi connectivity index (χ0n) is 14.9. The van der Waals surface area contributed by atoms with Crippen molar-refractivity contribution in [1.82, 2.24) is 14.9 Å². The number of rotatable bonds is 4. The summed E-state index contributed by atoms with van der Waals surface area (Å²) in [7, 11) is 0. The van der Waals surface area contributed by atoms with Crippen molar-refractivity contribution in [1.29, 1.82) is 0 Å². The topological polar surface area (TPSA) is 81.3 Å². The molecule has 1 spiro atoms. The highest BCUT2D eigenvalue weighted by molar-refractivity contribution is 5.76. The minimum absolute atomic E-state index is 0.0550. The maximum absolute atomic E-state index is 12.7. The van der Waals surface area contributed by atoms with Gasteiger partial charge in [0.1, 0.15) is 5.75 Å². The Balaban J connectivity index is 1.40. The van der Waals surface area contributed by atoms with Gasteiger partial charge in [0.15, 0.2) is 0 Å². The number of anilines is 1. The second-order valence-electron chi connectivity index (χ2n) is 7.21. The smallest absolute Gasteiger partial charge is 0.226 e. The Morgan fingerprint density at radius 1 is 1.27 bits per heavy atom. The Morgan fingerprint density at radius 3 is 2.96 bits per heavy atom. The van der Waals surface area contributed by atoms with Crippen LogP contribution in [0, 0.1) is 0 Å². The quantitative estimate of drug-likeness (QED) is 0.913. The second kappa shape index (κ2) is 6.94. The molecule has 1 saturated heterocycles. The highest BCUT2D eigenvalue weighted by atomic mass is 16.5. The van der Waals surface area contributed by atoms with Crippen molar-refractivity contribution < 1.29 is 9.53 Å². The van der Waals surface area contributed by atoms with Crippen LogP contribution < -0.4 is 10.5 Å². The van der Waals surface area contributed by atoms with Gasteiger partial charge in [0.2, 0.25) is 11.9 Å². The summed E-state index contributed by atoms with van der Waals surface area (Å²) in [4.78, 5) is 23.3. The van der Waals surface area contributed by atoms with Crippen LogP contribution in [0.1, 0.15) is 36.9 Å². The third kappa shape index (κ3) is 3.23. The highest BCUT2D eigenvalue weighted by Crippen LogP contribution is 2.44. The summed E-state index contributed by atoms with van der Waals surface area (Å²) < 4.78 is 5.67. The van der Waals surface area contributed by atoms with Crippen LogP contribution in [-0.4, -0.2) is 40.5 Å². The lowest BCUT2D eigenvalue weighted by Gasteiger charge is -2.40. The lowest BCUT2D eigenvalue weighted by atomic mass is 9.77. The predicted octanol–water partition coefficient (Wildman–Crippen LogP) is 2.33. The number of piperidine rings is 1. The Kier molecular flexibility index (Phi) is 4.49. The first-order valence-electron chi connectivity index (χ1n) is 9.24. The number of amides is 1. The summed E-state index contributed by atoms with van der Waals surface area (Å²) in [5.41, 5.74) is 8.00. The Labute approximate surface area is 153 Å². The van der Waals surface area contributed by atoms with E-state index in [4.69, 9.17) is 10.5 Å². The van der Waals surface area contributed by atoms with E-state index < -0.39 is 0 Å². The van der Waals surface area contributed by atoms with E-state index in [1.807, 2.05) is 41.4 Å². The molecule has 2 heterocycles. The fourth-order valence-electron chi connectivity index (χ4n) is 4.23. The average molecular weight is 352 g/mol. The Bertz CT molecular complexity index is 792. The molecule has 1 aromatic heterocycles. The van der Waals surface area contributed by atoms with Crippen LogP contribution in [0.15, 0.2) is 36.5 Å². The molecule has 1 aromatic carbocycles. The van der Waals surface area contributed by atoms with Crippen LogP contribution in [0.4, 0.5) is 5.95 Å². The molecule has 2 N–H and O–H groups in total. The number of aryl methyl sites for hydroxylation is 1. The molecule has 1 aliphatic carbocycles. The summed E-state index contributed by atoms with van der Waals surface area (Å²) in [6.07, 6.45) is 6.28. The van der Waals surface area contributed by atoms with Crippen molar-refractivity contribution in [3.05, 3.63) is 47.8 Å². The summed E-state index contributed by atoms with van der Waals surface area (Å²) in [5, 5.41) is 0. The second-order valence-corrected chi connectivity index (χ2v) is 7.21. The van der Waals surface area contributed by atoms with Gasteiger partial charge in [0.25, 0.3) is 0 Å². The Hall–Kier alpha value is -2.63. The van der Waals surface area contributed by atoms with Crippen LogP contribution in [0.2, 0.25) is 0 Å². The van der Waals surface area contributed by atoms with Crippen LogP contribution in [-0.2, 0) is 16.6 Å². The van der Waals surface area contributed by atoms with Crippen molar-refractivity contribution in [2.75, 3.05) is 25.4 Å². The molecule has 1 aliphatic heterocycles. The molecule has 4 rings (SSSR count). The molecule has 2 aromatic rings. The lowest BCUT2D eigenvalue weighted by Crippen LogP contribution is -2.48. The van der Waals surface area contributed by atoms with Crippen molar-refractivity contribution in [2.24, 2.45) is 0 Å². The van der Waals surface area contributed by atoms with Gasteiger partial charge in [0, 0.05) is 24.7 Å². The number of hydrogen-bond donors (Lipinski definition) is 1. The zero-order valence-corrected chi connectivity index (χ0v) is 14.9. The molecule has 0 bridgehead atoms. The van der Waals surface area contributed by atoms with Gasteiger partial charge in [-0.1, -0.05) is 18.2 Å². The van der Waals surface area contributed by atoms with E-state index in [-0.39, 0.29) is 11.3 Å². The van der Waals surface area contributed by atoms with Crippen LogP contribution in [0.25, 0.3) is 0 Å². The normalized spacial score (nSPS) is 21.6. The first kappa shape index (κ1) is 16.8. The van der Waals surface area contributed by atoms with Gasteiger partial charge in [-0.15, -0.1) is 0 Å². The van der Waals surface area contributed by atoms with E-state index in [0.717, 1.165) is 50.2 Å². The third-order valence-electron chi connectivity index (χ3n) is 5.52. The number of ether oxygens (including phenoxy) is 1. The molecular formula is C20H24N4O2. The monoisotopic (exact) mass is 352 g/mol. The number of nitrogens with two attached hydrogens (primary N) is 1. The number of aromatic nitrogens is 2. The molecule has 0 saturated carbocycles. The standard InChI is InChI=1S/C20H24N4O2/c21-19-22-13-15-7-10-20(18(15)23-19)9-4-11-24(14-20)17(25)8-12-26-16-5-2-1-3-6-16/h1-3,5-6,13H,4,7-12,14H2,(H2,21,22,23). The molecule has 2 aliphatic rings. The number of nitrogen functional groups attached to an aromatic ring is 1. The fourth-order valence-corrected chi connectivity index (χ4v) is 4.23. The van der Waals surface area contributed by atoms with E-state index in [1.165, 1.54) is 5.56 Å². The van der Waals surface area contributed by atoms with Gasteiger partial charge >= 0.3 is 0 Å². The number of likely N-dealkylation sites (tertiary alicyclic amines) is 1. The zero-order chi connectivity index (χ0) is 18.0. The summed E-state index contributed by atoms with van der Waals surface area (Å²) >= 11 is 0. The minimum Gasteiger partial charge on any atom is -0.493 e. The summed E-state index contributed by atoms with van der Waals surface area (Å²) in [6.45, 7) is 1.93. The van der Waals surface area contributed by atoms with Crippen LogP contribution >= 0.6 is 0 Å². The number of para-hydroxylation sites is 1. The lowest BCUT2D eigenvalue weighted by molar-refractivity contribution is -0.134. The Morgan fingerprint density at radius 2 is 2.12 bits per heavy atom. The number of carbonyl (C=O) groups excluding carboxylic acids is 1. The number of fused-ring (bicyclic) bond motifs is 2. The predicted molar refractivity (Wildman–Crippen MR) is 98.8 cm³/mol. The molecule has 1 fully saturated rings. The average Bonchev–Trinajstić information content (AvgIpc) is 3.00. The molecule has 1 atom stereocenters. The van der Waals surface area contributed by atoms with Crippen LogP contribution in [0.3, 0.4) is 0 Å². The highest BCUT2D eigenvalue weighted by Gasteiger charge is 2.44. The van der Waals surface area contributed by atoms with E-state index in [9.17, 15) is 4.79 Å². The van der Waals surface area contributed by atoms with Crippen molar-refractivity contribution in [3.63, 3.8) is 0 Å². The number of nitrogens with zero attached hydrogens (tertiary/aromatic N) is 3. The van der Waals surface area contributed by atoms with E-state index >= 15 is 0 Å². The molecule has 0 radical (unpaired) electrons. The molecule has 6 nitrogen and oxygen atoms in total. The number of benzene rings is 1. The summed E-state index contributed by atoms with van der Waals surface area (Å²) in [6, 6.07) is 9.61. The fraction of sp³-hybridized carbons (Fsp3) is 0.450. The van der Waals surface area contributed by atoms with E-state index in [1.54, 1.807) is 0 Å². The van der Waals surface area contributed by atoms with Gasteiger partial charge in [-0.2, -0.15) is 0 Å². The van der Waals surface area contributed by atoms with Gasteiger partial charge in [-0.05, 0) is 43.4 Å². The molecule has 6 heteroatoms. The van der Waals surface area contributed by atoms with E-state index in [0.29, 0.717) is 19.0 Å². The number of hydrogen-bond acceptors (Lipinski definition) is 5. The third-order valence-corrected chi connectivity index (χ3v) is 5.52. The largest absolute Gasteiger partial charge is 0.493 e. The number of carbonyl (C=O) groups is 1. The van der Waals surface area contributed by atoms with Crippen LogP contribution in [0.5, 0.6) is 5.75 Å². The van der Waals surface area contributed by atoms with Crippen molar-refractivity contribution >= 4 is 11.9 Å². The molecule has 26 heavy (non-hydrogen) atoms. The van der Waals surface area contributed by atoms with Gasteiger partial charge in [-0.25, -0.2) is 9.97 Å². The van der Waals surface area contributed by atoms with E-state index in [2.05, 4.69) is 9.97 Å². The molecule has 1 unspecified atom stereocenters. The summed E-state index contributed by atoms with van der Waals surface area (Å²) in [5.74, 6) is 1.27. The maximum atomic E-state index is 12.7. The van der Waals surface area contributed by atoms with Crippen molar-refractivity contribution in [2.45, 2.75) is 37.5 Å². The first-order valence-corrected chi connectivity index (χ1v) is 9.24. The maximum Gasteiger partial charge on any atom is 0.226 e. The van der Waals surface area contributed by atoms with Crippen molar-refractivity contribution in [3.8, 4) is 5.75 Å². The molecule has 1 amide bonds. The first-order chi connectivity index (χ1) is 12.7.